The largest absolute Gasteiger partial charge is 0.336 e. The number of nitrogens with one attached hydrogen (secondary N) is 1. The number of rotatable bonds is 4. The summed E-state index contributed by atoms with van der Waals surface area (Å²) in [6.07, 6.45) is 0.390. The molecule has 1 fully saturated rings. The van der Waals surface area contributed by atoms with Crippen LogP contribution in [0.15, 0.2) is 47.3 Å². The lowest BCUT2D eigenvalue weighted by atomic mass is 10.0. The first-order chi connectivity index (χ1) is 15.1. The second-order valence-electron chi connectivity index (χ2n) is 7.26. The zero-order chi connectivity index (χ0) is 22.4. The maximum Gasteiger partial charge on any atom is 0.272 e. The van der Waals surface area contributed by atoms with Crippen molar-refractivity contribution >= 4 is 16.7 Å². The Labute approximate surface area is 181 Å². The van der Waals surface area contributed by atoms with Crippen LogP contribution in [0, 0.1) is 5.82 Å². The average molecular weight is 425 g/mol. The second kappa shape index (κ2) is 10.3. The number of carbonyl (C=O) groups is 1. The lowest BCUT2D eigenvalue weighted by Crippen LogP contribution is -2.48. The number of piperazine rings is 1. The zero-order valence-corrected chi connectivity index (χ0v) is 18.3. The van der Waals surface area contributed by atoms with Crippen molar-refractivity contribution in [3.05, 3.63) is 75.5 Å². The molecule has 0 radical (unpaired) electrons. The topological polar surface area (TPSA) is 69.3 Å². The summed E-state index contributed by atoms with van der Waals surface area (Å²) in [5.74, 6) is -0.796. The summed E-state index contributed by atoms with van der Waals surface area (Å²) >= 11 is 0. The van der Waals surface area contributed by atoms with Gasteiger partial charge in [0.25, 0.3) is 11.5 Å². The fraction of sp³-hybridized carbons (Fsp3) is 0.375. The quantitative estimate of drug-likeness (QED) is 0.697. The second-order valence-corrected chi connectivity index (χ2v) is 7.26. The Bertz CT molecular complexity index is 1100. The molecule has 0 aliphatic carbocycles. The third kappa shape index (κ3) is 4.99. The molecule has 1 aliphatic rings. The van der Waals surface area contributed by atoms with Gasteiger partial charge in [-0.2, -0.15) is 5.10 Å². The molecule has 1 amide bonds. The zero-order valence-electron chi connectivity index (χ0n) is 18.3. The molecule has 1 aromatic heterocycles. The van der Waals surface area contributed by atoms with E-state index in [4.69, 9.17) is 0 Å². The molecule has 31 heavy (non-hydrogen) atoms. The smallest absolute Gasteiger partial charge is 0.272 e. The van der Waals surface area contributed by atoms with E-state index >= 15 is 0 Å². The van der Waals surface area contributed by atoms with Crippen molar-refractivity contribution in [2.75, 3.05) is 32.7 Å². The molecule has 1 aliphatic heterocycles. The third-order valence-electron chi connectivity index (χ3n) is 5.51. The molecule has 1 N–H and O–H groups in total. The number of amides is 1. The fourth-order valence-corrected chi connectivity index (χ4v) is 3.78. The highest BCUT2D eigenvalue weighted by atomic mass is 19.1. The van der Waals surface area contributed by atoms with E-state index in [0.29, 0.717) is 30.6 Å². The molecule has 6 nitrogen and oxygen atoms in total. The van der Waals surface area contributed by atoms with Crippen LogP contribution >= 0.6 is 0 Å². The number of hydrogen-bond acceptors (Lipinski definition) is 4. The molecule has 0 bridgehead atoms. The maximum absolute atomic E-state index is 14.4. The highest BCUT2D eigenvalue weighted by Crippen LogP contribution is 2.20. The Morgan fingerprint density at radius 3 is 2.42 bits per heavy atom. The summed E-state index contributed by atoms with van der Waals surface area (Å²) in [4.78, 5) is 28.8. The predicted octanol–water partition coefficient (Wildman–Crippen LogP) is 3.46. The third-order valence-corrected chi connectivity index (χ3v) is 5.51. The highest BCUT2D eigenvalue weighted by Gasteiger charge is 2.24. The van der Waals surface area contributed by atoms with Crippen LogP contribution in [0.3, 0.4) is 0 Å². The molecule has 1 saturated heterocycles. The van der Waals surface area contributed by atoms with Crippen LogP contribution in [0.25, 0.3) is 10.8 Å². The van der Waals surface area contributed by atoms with E-state index < -0.39 is 5.82 Å². The molecule has 3 aromatic rings. The van der Waals surface area contributed by atoms with Gasteiger partial charge in [0, 0.05) is 38.0 Å². The Morgan fingerprint density at radius 1 is 1.06 bits per heavy atom. The minimum absolute atomic E-state index is 0.0844. The van der Waals surface area contributed by atoms with Crippen LogP contribution in [0.1, 0.15) is 42.4 Å². The number of H-pyrrole nitrogens is 1. The SMILES string of the molecule is CC.CCN1CCN(C(=O)c2cc(Cc3n[nH]c(=O)c4ccccc34)ccc2F)CC1. The van der Waals surface area contributed by atoms with E-state index in [-0.39, 0.29) is 17.0 Å². The number of aromatic amines is 1. The molecule has 7 heteroatoms. The number of nitrogens with zero attached hydrogens (tertiary/aromatic N) is 3. The number of hydrogen-bond donors (Lipinski definition) is 1. The van der Waals surface area contributed by atoms with Gasteiger partial charge >= 0.3 is 0 Å². The molecular weight excluding hydrogens is 395 g/mol. The predicted molar refractivity (Wildman–Crippen MR) is 121 cm³/mol. The summed E-state index contributed by atoms with van der Waals surface area (Å²) in [6.45, 7) is 9.85. The number of carbonyl (C=O) groups excluding carboxylic acids is 1. The monoisotopic (exact) mass is 424 g/mol. The van der Waals surface area contributed by atoms with Gasteiger partial charge in [-0.15, -0.1) is 0 Å². The first-order valence-corrected chi connectivity index (χ1v) is 10.8. The first-order valence-electron chi connectivity index (χ1n) is 10.8. The Hall–Kier alpha value is -3.06. The minimum atomic E-state index is -0.518. The van der Waals surface area contributed by atoms with Crippen LogP contribution in [-0.2, 0) is 6.42 Å². The molecule has 164 valence electrons. The number of halogens is 1. The molecule has 0 atom stereocenters. The van der Waals surface area contributed by atoms with E-state index in [0.717, 1.165) is 30.6 Å². The number of benzene rings is 2. The van der Waals surface area contributed by atoms with Gasteiger partial charge in [0.15, 0.2) is 0 Å². The van der Waals surface area contributed by atoms with E-state index in [1.165, 1.54) is 6.07 Å². The van der Waals surface area contributed by atoms with Gasteiger partial charge in [0.2, 0.25) is 0 Å². The molecule has 4 rings (SSSR count). The maximum atomic E-state index is 14.4. The number of aromatic nitrogens is 2. The summed E-state index contributed by atoms with van der Waals surface area (Å²) in [7, 11) is 0. The van der Waals surface area contributed by atoms with Crippen LogP contribution < -0.4 is 5.56 Å². The number of fused-ring (bicyclic) bond motifs is 1. The summed E-state index contributed by atoms with van der Waals surface area (Å²) in [6, 6.07) is 11.8. The van der Waals surface area contributed by atoms with Crippen LogP contribution in [0.4, 0.5) is 4.39 Å². The summed E-state index contributed by atoms with van der Waals surface area (Å²) < 4.78 is 14.4. The lowest BCUT2D eigenvalue weighted by Gasteiger charge is -2.34. The molecule has 2 heterocycles. The van der Waals surface area contributed by atoms with Gasteiger partial charge in [-0.1, -0.05) is 45.0 Å². The van der Waals surface area contributed by atoms with Crippen LogP contribution in [-0.4, -0.2) is 58.6 Å². The van der Waals surface area contributed by atoms with E-state index in [1.807, 2.05) is 26.0 Å². The van der Waals surface area contributed by atoms with Gasteiger partial charge in [-0.05, 0) is 30.3 Å². The first kappa shape index (κ1) is 22.6. The molecule has 0 unspecified atom stereocenters. The van der Waals surface area contributed by atoms with Crippen molar-refractivity contribution in [1.29, 1.82) is 0 Å². The molecule has 0 saturated carbocycles. The van der Waals surface area contributed by atoms with Crippen molar-refractivity contribution in [3.63, 3.8) is 0 Å². The Kier molecular flexibility index (Phi) is 7.52. The van der Waals surface area contributed by atoms with Crippen molar-refractivity contribution in [3.8, 4) is 0 Å². The normalized spacial score (nSPS) is 14.3. The lowest BCUT2D eigenvalue weighted by molar-refractivity contribution is 0.0638. The standard InChI is InChI=1S/C22H23FN4O2.C2H6/c1-2-26-9-11-27(12-10-26)22(29)18-13-15(7-8-19(18)23)14-20-16-5-3-4-6-17(16)21(28)25-24-20;1-2/h3-8,13H,2,9-12,14H2,1H3,(H,25,28);1-2H3. The Morgan fingerprint density at radius 2 is 1.74 bits per heavy atom. The van der Waals surface area contributed by atoms with Gasteiger partial charge in [0.05, 0.1) is 16.6 Å². The van der Waals surface area contributed by atoms with Crippen molar-refractivity contribution in [2.45, 2.75) is 27.2 Å². The van der Waals surface area contributed by atoms with Crippen LogP contribution in [0.5, 0.6) is 0 Å². The summed E-state index contributed by atoms with van der Waals surface area (Å²) in [5.41, 5.74) is 1.29. The summed E-state index contributed by atoms with van der Waals surface area (Å²) in [5, 5.41) is 8.00. The van der Waals surface area contributed by atoms with E-state index in [1.54, 1.807) is 29.2 Å². The van der Waals surface area contributed by atoms with Crippen molar-refractivity contribution < 1.29 is 9.18 Å². The minimum Gasteiger partial charge on any atom is -0.336 e. The molecule has 0 spiro atoms. The van der Waals surface area contributed by atoms with Gasteiger partial charge in [-0.25, -0.2) is 9.49 Å². The number of likely N-dealkylation sites (N-methyl/N-ethyl adjacent to an activating group) is 1. The van der Waals surface area contributed by atoms with Gasteiger partial charge in [-0.3, -0.25) is 9.59 Å². The van der Waals surface area contributed by atoms with Gasteiger partial charge in [0.1, 0.15) is 5.82 Å². The fourth-order valence-electron chi connectivity index (χ4n) is 3.78. The van der Waals surface area contributed by atoms with Gasteiger partial charge < -0.3 is 9.80 Å². The average Bonchev–Trinajstić information content (AvgIpc) is 2.83. The molecule has 2 aromatic carbocycles. The van der Waals surface area contributed by atoms with E-state index in [9.17, 15) is 14.0 Å². The van der Waals surface area contributed by atoms with Crippen molar-refractivity contribution in [2.24, 2.45) is 0 Å². The van der Waals surface area contributed by atoms with Crippen LogP contribution in [0.2, 0.25) is 0 Å². The van der Waals surface area contributed by atoms with Crippen molar-refractivity contribution in [1.82, 2.24) is 20.0 Å². The molecular formula is C24H29FN4O2. The highest BCUT2D eigenvalue weighted by molar-refractivity contribution is 5.95. The van der Waals surface area contributed by atoms with E-state index in [2.05, 4.69) is 22.0 Å². The Balaban J connectivity index is 0.00000132.